The molecule has 0 amide bonds. The molecule has 1 aliphatic rings. The van der Waals surface area contributed by atoms with Crippen LogP contribution in [0, 0.1) is 0 Å². The molecule has 3 rings (SSSR count). The maximum atomic E-state index is 6.53. The van der Waals surface area contributed by atoms with E-state index >= 15 is 0 Å². The Morgan fingerprint density at radius 3 is 2.61 bits per heavy atom. The van der Waals surface area contributed by atoms with Crippen LogP contribution in [0.3, 0.4) is 0 Å². The number of rotatable bonds is 2. The number of alkyl halides is 1. The van der Waals surface area contributed by atoms with Crippen molar-refractivity contribution in [2.45, 2.75) is 24.6 Å². The average Bonchev–Trinajstić information content (AvgIpc) is 2.92. The van der Waals surface area contributed by atoms with Crippen LogP contribution in [0.1, 0.15) is 32.7 Å². The van der Waals surface area contributed by atoms with Gasteiger partial charge in [0.2, 0.25) is 0 Å². The van der Waals surface area contributed by atoms with E-state index in [1.54, 1.807) is 6.07 Å². The highest BCUT2D eigenvalue weighted by Crippen LogP contribution is 2.40. The third kappa shape index (κ3) is 2.30. The number of aryl methyl sites for hydroxylation is 2. The molecular formula is C14H11Cl3S. The van der Waals surface area contributed by atoms with Gasteiger partial charge in [0.05, 0.1) is 15.4 Å². The van der Waals surface area contributed by atoms with Gasteiger partial charge >= 0.3 is 0 Å². The molecule has 18 heavy (non-hydrogen) atoms. The van der Waals surface area contributed by atoms with Gasteiger partial charge in [-0.05, 0) is 48.6 Å². The van der Waals surface area contributed by atoms with Gasteiger partial charge < -0.3 is 0 Å². The van der Waals surface area contributed by atoms with Gasteiger partial charge in [-0.3, -0.25) is 0 Å². The number of fused-ring (bicyclic) bond motifs is 1. The Morgan fingerprint density at radius 2 is 1.89 bits per heavy atom. The van der Waals surface area contributed by atoms with Gasteiger partial charge in [0.1, 0.15) is 0 Å². The Balaban J connectivity index is 1.93. The molecule has 94 valence electrons. The van der Waals surface area contributed by atoms with E-state index in [0.717, 1.165) is 5.56 Å². The van der Waals surface area contributed by atoms with Crippen LogP contribution in [0.4, 0.5) is 0 Å². The third-order valence-electron chi connectivity index (χ3n) is 3.25. The number of halogens is 3. The van der Waals surface area contributed by atoms with Gasteiger partial charge in [-0.1, -0.05) is 29.3 Å². The lowest BCUT2D eigenvalue weighted by atomic mass is 10.1. The van der Waals surface area contributed by atoms with Crippen molar-refractivity contribution in [2.75, 3.05) is 0 Å². The predicted octanol–water partition coefficient (Wildman–Crippen LogP) is 5.87. The quantitative estimate of drug-likeness (QED) is 0.607. The molecule has 1 heterocycles. The zero-order chi connectivity index (χ0) is 12.7. The van der Waals surface area contributed by atoms with Crippen LogP contribution in [0.2, 0.25) is 10.0 Å². The maximum Gasteiger partial charge on any atom is 0.0928 e. The van der Waals surface area contributed by atoms with E-state index in [-0.39, 0.29) is 5.38 Å². The molecule has 0 radical (unpaired) electrons. The highest BCUT2D eigenvalue weighted by atomic mass is 35.5. The van der Waals surface area contributed by atoms with Crippen LogP contribution in [0.25, 0.3) is 0 Å². The molecule has 1 aromatic carbocycles. The van der Waals surface area contributed by atoms with E-state index in [2.05, 4.69) is 6.07 Å². The Kier molecular flexibility index (Phi) is 3.59. The highest BCUT2D eigenvalue weighted by molar-refractivity contribution is 7.12. The minimum Gasteiger partial charge on any atom is -0.143 e. The first-order valence-electron chi connectivity index (χ1n) is 5.85. The van der Waals surface area contributed by atoms with Gasteiger partial charge in [0.15, 0.2) is 0 Å². The molecule has 0 fully saturated rings. The summed E-state index contributed by atoms with van der Waals surface area (Å²) in [5.41, 5.74) is 2.48. The molecule has 1 aliphatic carbocycles. The molecule has 2 aromatic rings. The number of benzene rings is 1. The average molecular weight is 318 g/mol. The van der Waals surface area contributed by atoms with Crippen molar-refractivity contribution in [2.24, 2.45) is 0 Å². The van der Waals surface area contributed by atoms with Crippen molar-refractivity contribution >= 4 is 46.1 Å². The van der Waals surface area contributed by atoms with E-state index in [4.69, 9.17) is 34.8 Å². The van der Waals surface area contributed by atoms with Gasteiger partial charge in [-0.2, -0.15) is 0 Å². The van der Waals surface area contributed by atoms with Gasteiger partial charge in [-0.15, -0.1) is 22.9 Å². The summed E-state index contributed by atoms with van der Waals surface area (Å²) < 4.78 is 0. The summed E-state index contributed by atoms with van der Waals surface area (Å²) in [5.74, 6) is 0. The molecule has 4 heteroatoms. The van der Waals surface area contributed by atoms with Crippen molar-refractivity contribution < 1.29 is 0 Å². The summed E-state index contributed by atoms with van der Waals surface area (Å²) in [6.07, 6.45) is 3.67. The van der Waals surface area contributed by atoms with Crippen molar-refractivity contribution in [3.8, 4) is 0 Å². The Morgan fingerprint density at radius 1 is 1.06 bits per heavy atom. The van der Waals surface area contributed by atoms with Crippen LogP contribution >= 0.6 is 46.1 Å². The number of hydrogen-bond donors (Lipinski definition) is 0. The van der Waals surface area contributed by atoms with E-state index in [0.29, 0.717) is 10.0 Å². The van der Waals surface area contributed by atoms with Crippen molar-refractivity contribution in [1.29, 1.82) is 0 Å². The fourth-order valence-electron chi connectivity index (χ4n) is 2.31. The topological polar surface area (TPSA) is 0 Å². The van der Waals surface area contributed by atoms with Crippen LogP contribution in [-0.4, -0.2) is 0 Å². The molecule has 0 N–H and O–H groups in total. The Bertz CT molecular complexity index is 567. The van der Waals surface area contributed by atoms with Crippen molar-refractivity contribution in [1.82, 2.24) is 0 Å². The minimum atomic E-state index is -0.129. The lowest BCUT2D eigenvalue weighted by Crippen LogP contribution is -1.90. The highest BCUT2D eigenvalue weighted by Gasteiger charge is 2.20. The summed E-state index contributed by atoms with van der Waals surface area (Å²) in [5, 5.41) is 0.997. The second kappa shape index (κ2) is 5.05. The predicted molar refractivity (Wildman–Crippen MR) is 80.5 cm³/mol. The molecule has 0 spiro atoms. The summed E-state index contributed by atoms with van der Waals surface area (Å²) in [6, 6.07) is 7.84. The molecule has 0 aliphatic heterocycles. The van der Waals surface area contributed by atoms with E-state index in [1.807, 2.05) is 23.5 Å². The van der Waals surface area contributed by atoms with Crippen LogP contribution < -0.4 is 0 Å². The number of hydrogen-bond acceptors (Lipinski definition) is 1. The molecule has 0 saturated carbocycles. The summed E-state index contributed by atoms with van der Waals surface area (Å²) in [7, 11) is 0. The SMILES string of the molecule is Clc1ccc(C(Cl)c2cc3c(s2)CCC3)cc1Cl. The fraction of sp³-hybridized carbons (Fsp3) is 0.286. The van der Waals surface area contributed by atoms with Crippen LogP contribution in [0.5, 0.6) is 0 Å². The first kappa shape index (κ1) is 12.8. The monoisotopic (exact) mass is 316 g/mol. The third-order valence-corrected chi connectivity index (χ3v) is 5.91. The van der Waals surface area contributed by atoms with Crippen molar-refractivity contribution in [3.63, 3.8) is 0 Å². The summed E-state index contributed by atoms with van der Waals surface area (Å²) in [6.45, 7) is 0. The second-order valence-corrected chi connectivity index (χ2v) is 6.91. The first-order valence-corrected chi connectivity index (χ1v) is 7.86. The zero-order valence-corrected chi connectivity index (χ0v) is 12.6. The smallest absolute Gasteiger partial charge is 0.0928 e. The van der Waals surface area contributed by atoms with E-state index in [1.165, 1.54) is 34.6 Å². The largest absolute Gasteiger partial charge is 0.143 e. The van der Waals surface area contributed by atoms with E-state index < -0.39 is 0 Å². The lowest BCUT2D eigenvalue weighted by molar-refractivity contribution is 0.913. The van der Waals surface area contributed by atoms with Gasteiger partial charge in [0.25, 0.3) is 0 Å². The molecule has 0 bridgehead atoms. The molecule has 1 aromatic heterocycles. The second-order valence-electron chi connectivity index (χ2n) is 4.49. The van der Waals surface area contributed by atoms with Crippen molar-refractivity contribution in [3.05, 3.63) is 55.2 Å². The minimum absolute atomic E-state index is 0.129. The molecule has 1 unspecified atom stereocenters. The Labute approximate surface area is 125 Å². The first-order chi connectivity index (χ1) is 8.65. The van der Waals surface area contributed by atoms with Crippen LogP contribution in [0.15, 0.2) is 24.3 Å². The van der Waals surface area contributed by atoms with Gasteiger partial charge in [0, 0.05) is 9.75 Å². The molecular weight excluding hydrogens is 307 g/mol. The fourth-order valence-corrected chi connectivity index (χ4v) is 4.21. The summed E-state index contributed by atoms with van der Waals surface area (Å²) >= 11 is 20.3. The van der Waals surface area contributed by atoms with Crippen LogP contribution in [-0.2, 0) is 12.8 Å². The lowest BCUT2D eigenvalue weighted by Gasteiger charge is -2.09. The molecule has 0 nitrogen and oxygen atoms in total. The molecule has 1 atom stereocenters. The van der Waals surface area contributed by atoms with E-state index in [9.17, 15) is 0 Å². The zero-order valence-electron chi connectivity index (χ0n) is 9.55. The standard InChI is InChI=1S/C14H11Cl3S/c15-10-5-4-9(6-11(10)16)14(17)13-7-8-2-1-3-12(8)18-13/h4-7,14H,1-3H2. The normalized spacial score (nSPS) is 15.7. The Hall–Kier alpha value is -0.210. The summed E-state index contributed by atoms with van der Waals surface area (Å²) in [4.78, 5) is 2.70. The molecule has 0 saturated heterocycles. The maximum absolute atomic E-state index is 6.53. The van der Waals surface area contributed by atoms with Gasteiger partial charge in [-0.25, -0.2) is 0 Å². The number of thiophene rings is 1.